The molecule has 1 atom stereocenters. The highest BCUT2D eigenvalue weighted by atomic mass is 35.5. The fraction of sp³-hybridized carbons (Fsp3) is 0.625. The number of carbonyl (C=O) groups is 1. The molecule has 2 heterocycles. The molecule has 2 rings (SSSR count). The number of likely N-dealkylation sites (tertiary alicyclic amines) is 1. The first-order valence-corrected chi connectivity index (χ1v) is 8.22. The molecule has 1 N–H and O–H groups in total. The second-order valence-corrected chi connectivity index (χ2v) is 6.05. The van der Waals surface area contributed by atoms with Gasteiger partial charge in [-0.1, -0.05) is 31.9 Å². The van der Waals surface area contributed by atoms with Crippen molar-refractivity contribution in [3.05, 3.63) is 22.8 Å². The van der Waals surface area contributed by atoms with E-state index in [0.717, 1.165) is 38.9 Å². The van der Waals surface area contributed by atoms with Gasteiger partial charge in [-0.15, -0.1) is 0 Å². The Hall–Kier alpha value is -1.29. The van der Waals surface area contributed by atoms with Gasteiger partial charge in [0.1, 0.15) is 11.0 Å². The van der Waals surface area contributed by atoms with Gasteiger partial charge in [0.25, 0.3) is 5.91 Å². The lowest BCUT2D eigenvalue weighted by molar-refractivity contribution is 0.0671. The molecule has 1 amide bonds. The minimum Gasteiger partial charge on any atom is -0.370 e. The summed E-state index contributed by atoms with van der Waals surface area (Å²) in [6.45, 7) is 6.79. The maximum absolute atomic E-state index is 12.7. The first-order chi connectivity index (χ1) is 10.1. The Kier molecular flexibility index (Phi) is 5.85. The molecule has 1 fully saturated rings. The van der Waals surface area contributed by atoms with Crippen molar-refractivity contribution >= 4 is 23.3 Å². The summed E-state index contributed by atoms with van der Waals surface area (Å²) in [5, 5.41) is 3.55. The smallest absolute Gasteiger partial charge is 0.254 e. The quantitative estimate of drug-likeness (QED) is 0.841. The number of hydrogen-bond acceptors (Lipinski definition) is 3. The van der Waals surface area contributed by atoms with Gasteiger partial charge in [-0.2, -0.15) is 0 Å². The van der Waals surface area contributed by atoms with E-state index in [1.165, 1.54) is 6.42 Å². The molecule has 0 aliphatic carbocycles. The van der Waals surface area contributed by atoms with E-state index in [2.05, 4.69) is 24.1 Å². The van der Waals surface area contributed by atoms with E-state index in [0.29, 0.717) is 22.5 Å². The topological polar surface area (TPSA) is 45.2 Å². The van der Waals surface area contributed by atoms with Gasteiger partial charge in [-0.25, -0.2) is 4.98 Å². The lowest BCUT2D eigenvalue weighted by Crippen LogP contribution is -2.39. The van der Waals surface area contributed by atoms with Crippen molar-refractivity contribution in [1.82, 2.24) is 9.88 Å². The summed E-state index contributed by atoms with van der Waals surface area (Å²) in [5.74, 6) is 1.37. The highest BCUT2D eigenvalue weighted by Crippen LogP contribution is 2.22. The normalized spacial score (nSPS) is 18.6. The first-order valence-electron chi connectivity index (χ1n) is 7.84. The van der Waals surface area contributed by atoms with Crippen LogP contribution in [0.5, 0.6) is 0 Å². The summed E-state index contributed by atoms with van der Waals surface area (Å²) in [6.07, 6.45) is 4.44. The van der Waals surface area contributed by atoms with Crippen molar-refractivity contribution in [2.45, 2.75) is 39.5 Å². The van der Waals surface area contributed by atoms with Crippen molar-refractivity contribution in [2.75, 3.05) is 25.0 Å². The zero-order valence-electron chi connectivity index (χ0n) is 12.9. The third-order valence-corrected chi connectivity index (χ3v) is 4.17. The van der Waals surface area contributed by atoms with Crippen LogP contribution in [0.2, 0.25) is 5.15 Å². The van der Waals surface area contributed by atoms with Crippen LogP contribution in [-0.4, -0.2) is 35.4 Å². The van der Waals surface area contributed by atoms with Crippen LogP contribution >= 0.6 is 11.6 Å². The Labute approximate surface area is 131 Å². The number of halogens is 1. The van der Waals surface area contributed by atoms with Gasteiger partial charge in [0.2, 0.25) is 0 Å². The van der Waals surface area contributed by atoms with E-state index in [1.54, 1.807) is 12.1 Å². The number of rotatable bonds is 5. The highest BCUT2D eigenvalue weighted by molar-refractivity contribution is 6.29. The molecule has 1 aliphatic heterocycles. The Morgan fingerprint density at radius 2 is 2.29 bits per heavy atom. The van der Waals surface area contributed by atoms with Crippen LogP contribution in [0.1, 0.15) is 49.9 Å². The summed E-state index contributed by atoms with van der Waals surface area (Å²) in [6, 6.07) is 3.47. The van der Waals surface area contributed by atoms with Crippen molar-refractivity contribution in [3.63, 3.8) is 0 Å². The van der Waals surface area contributed by atoms with E-state index in [9.17, 15) is 4.79 Å². The molecule has 1 aromatic heterocycles. The molecule has 1 saturated heterocycles. The van der Waals surface area contributed by atoms with E-state index >= 15 is 0 Å². The third-order valence-electron chi connectivity index (χ3n) is 3.98. The summed E-state index contributed by atoms with van der Waals surface area (Å²) < 4.78 is 0. The second kappa shape index (κ2) is 7.64. The average molecular weight is 310 g/mol. The van der Waals surface area contributed by atoms with Crippen molar-refractivity contribution in [1.29, 1.82) is 0 Å². The van der Waals surface area contributed by atoms with Crippen LogP contribution in [0.25, 0.3) is 0 Å². The van der Waals surface area contributed by atoms with Crippen LogP contribution in [0, 0.1) is 5.92 Å². The number of amides is 1. The van der Waals surface area contributed by atoms with E-state index in [4.69, 9.17) is 11.6 Å². The summed E-state index contributed by atoms with van der Waals surface area (Å²) in [5.41, 5.74) is 0.630. The molecular weight excluding hydrogens is 286 g/mol. The molecule has 116 valence electrons. The number of pyridine rings is 1. The third kappa shape index (κ3) is 4.34. The fourth-order valence-corrected chi connectivity index (χ4v) is 2.94. The Morgan fingerprint density at radius 3 is 3.00 bits per heavy atom. The minimum absolute atomic E-state index is 0.0667. The first kappa shape index (κ1) is 16.1. The van der Waals surface area contributed by atoms with Crippen LogP contribution in [-0.2, 0) is 0 Å². The van der Waals surface area contributed by atoms with Gasteiger partial charge in [-0.3, -0.25) is 4.79 Å². The maximum atomic E-state index is 12.7. The van der Waals surface area contributed by atoms with Crippen LogP contribution in [0.3, 0.4) is 0 Å². The van der Waals surface area contributed by atoms with Crippen LogP contribution < -0.4 is 5.32 Å². The summed E-state index contributed by atoms with van der Waals surface area (Å²) in [4.78, 5) is 18.8. The largest absolute Gasteiger partial charge is 0.370 e. The molecule has 0 bridgehead atoms. The molecule has 1 aromatic rings. The molecule has 1 unspecified atom stereocenters. The lowest BCUT2D eigenvalue weighted by atomic mass is 9.95. The van der Waals surface area contributed by atoms with Crippen molar-refractivity contribution in [2.24, 2.45) is 5.92 Å². The van der Waals surface area contributed by atoms with Crippen LogP contribution in [0.15, 0.2) is 12.1 Å². The second-order valence-electron chi connectivity index (χ2n) is 5.66. The minimum atomic E-state index is 0.0667. The molecule has 0 aromatic carbocycles. The Morgan fingerprint density at radius 1 is 1.48 bits per heavy atom. The number of nitrogens with one attached hydrogen (secondary N) is 1. The monoisotopic (exact) mass is 309 g/mol. The average Bonchev–Trinajstić information content (AvgIpc) is 2.51. The maximum Gasteiger partial charge on any atom is 0.254 e. The molecule has 1 aliphatic rings. The number of hydrogen-bond donors (Lipinski definition) is 1. The van der Waals surface area contributed by atoms with E-state index in [1.807, 2.05) is 4.90 Å². The standard InChI is InChI=1S/C16H24ClN3O/c1-3-7-18-15-10-13(9-14(17)19-15)16(21)20-8-5-6-12(4-2)11-20/h9-10,12H,3-8,11H2,1-2H3,(H,18,19). The molecule has 5 heteroatoms. The zero-order valence-corrected chi connectivity index (χ0v) is 13.6. The van der Waals surface area contributed by atoms with Crippen molar-refractivity contribution in [3.8, 4) is 0 Å². The van der Waals surface area contributed by atoms with E-state index in [-0.39, 0.29) is 5.91 Å². The van der Waals surface area contributed by atoms with Gasteiger partial charge in [-0.05, 0) is 37.3 Å². The van der Waals surface area contributed by atoms with Gasteiger partial charge in [0.05, 0.1) is 0 Å². The molecule has 0 spiro atoms. The number of anilines is 1. The lowest BCUT2D eigenvalue weighted by Gasteiger charge is -2.32. The van der Waals surface area contributed by atoms with Gasteiger partial charge >= 0.3 is 0 Å². The highest BCUT2D eigenvalue weighted by Gasteiger charge is 2.24. The summed E-state index contributed by atoms with van der Waals surface area (Å²) >= 11 is 6.05. The predicted octanol–water partition coefficient (Wildman–Crippen LogP) is 3.82. The Bertz CT molecular complexity index is 492. The number of nitrogens with zero attached hydrogens (tertiary/aromatic N) is 2. The van der Waals surface area contributed by atoms with Gasteiger partial charge < -0.3 is 10.2 Å². The molecule has 4 nitrogen and oxygen atoms in total. The van der Waals surface area contributed by atoms with Gasteiger partial charge in [0.15, 0.2) is 0 Å². The molecular formula is C16H24ClN3O. The predicted molar refractivity (Wildman–Crippen MR) is 86.9 cm³/mol. The Balaban J connectivity index is 2.12. The molecule has 21 heavy (non-hydrogen) atoms. The molecule has 0 radical (unpaired) electrons. The number of piperidine rings is 1. The van der Waals surface area contributed by atoms with Gasteiger partial charge in [0, 0.05) is 25.2 Å². The van der Waals surface area contributed by atoms with Crippen LogP contribution in [0.4, 0.5) is 5.82 Å². The summed E-state index contributed by atoms with van der Waals surface area (Å²) in [7, 11) is 0. The fourth-order valence-electron chi connectivity index (χ4n) is 2.73. The zero-order chi connectivity index (χ0) is 15.2. The van der Waals surface area contributed by atoms with E-state index < -0.39 is 0 Å². The number of carbonyl (C=O) groups excluding carboxylic acids is 1. The number of aromatic nitrogens is 1. The van der Waals surface area contributed by atoms with Crippen molar-refractivity contribution < 1.29 is 4.79 Å². The SMILES string of the molecule is CCCNc1cc(C(=O)N2CCCC(CC)C2)cc(Cl)n1. The molecule has 0 saturated carbocycles.